The molecule has 4 nitrogen and oxygen atoms in total. The Kier molecular flexibility index (Phi) is 4.12. The Balaban J connectivity index is 2.44. The molecule has 1 heterocycles. The highest BCUT2D eigenvalue weighted by molar-refractivity contribution is 4.69. The Hall–Kier alpha value is -0.160. The third-order valence-electron chi connectivity index (χ3n) is 2.50. The highest BCUT2D eigenvalue weighted by atomic mass is 16.9. The fourth-order valence-electron chi connectivity index (χ4n) is 1.60. The lowest BCUT2D eigenvalue weighted by molar-refractivity contribution is -0.359. The van der Waals surface area contributed by atoms with E-state index in [1.165, 1.54) is 0 Å². The second kappa shape index (κ2) is 4.91. The van der Waals surface area contributed by atoms with E-state index >= 15 is 0 Å². The van der Waals surface area contributed by atoms with Crippen molar-refractivity contribution < 1.29 is 18.9 Å². The van der Waals surface area contributed by atoms with Crippen molar-refractivity contribution in [1.82, 2.24) is 0 Å². The van der Waals surface area contributed by atoms with Crippen molar-refractivity contribution in [2.24, 2.45) is 5.92 Å². The second-order valence-corrected chi connectivity index (χ2v) is 3.23. The molecule has 13 heavy (non-hydrogen) atoms. The number of hydrogen-bond donors (Lipinski definition) is 0. The van der Waals surface area contributed by atoms with E-state index in [-0.39, 0.29) is 0 Å². The Morgan fingerprint density at radius 3 is 2.23 bits per heavy atom. The first kappa shape index (κ1) is 10.9. The van der Waals surface area contributed by atoms with Crippen molar-refractivity contribution in [3.05, 3.63) is 0 Å². The van der Waals surface area contributed by atoms with E-state index in [2.05, 4.69) is 0 Å². The summed E-state index contributed by atoms with van der Waals surface area (Å²) in [6, 6.07) is 0. The van der Waals surface area contributed by atoms with Crippen LogP contribution in [0, 0.1) is 5.92 Å². The number of ether oxygens (including phenoxy) is 4. The van der Waals surface area contributed by atoms with Crippen LogP contribution >= 0.6 is 0 Å². The Labute approximate surface area is 79.1 Å². The maximum atomic E-state index is 5.27. The minimum atomic E-state index is -0.891. The number of rotatable bonds is 5. The summed E-state index contributed by atoms with van der Waals surface area (Å²) in [6.07, 6.45) is 1.77. The molecular formula is C9H18O4. The highest BCUT2D eigenvalue weighted by Crippen LogP contribution is 2.27. The van der Waals surface area contributed by atoms with Crippen molar-refractivity contribution in [2.75, 3.05) is 34.5 Å². The van der Waals surface area contributed by atoms with Gasteiger partial charge in [-0.2, -0.15) is 0 Å². The predicted octanol–water partition coefficient (Wildman–Crippen LogP) is 1.01. The number of hydrogen-bond acceptors (Lipinski definition) is 4. The zero-order valence-electron chi connectivity index (χ0n) is 8.54. The topological polar surface area (TPSA) is 36.9 Å². The van der Waals surface area contributed by atoms with Gasteiger partial charge in [-0.15, -0.1) is 0 Å². The first-order chi connectivity index (χ1) is 6.26. The maximum Gasteiger partial charge on any atom is 0.282 e. The van der Waals surface area contributed by atoms with Gasteiger partial charge in [-0.25, -0.2) is 0 Å². The third-order valence-corrected chi connectivity index (χ3v) is 2.50. The lowest BCUT2D eigenvalue weighted by atomic mass is 10.0. The molecule has 1 unspecified atom stereocenters. The summed E-state index contributed by atoms with van der Waals surface area (Å²) in [5.74, 6) is -0.418. The van der Waals surface area contributed by atoms with Gasteiger partial charge in [0.25, 0.3) is 5.97 Å². The van der Waals surface area contributed by atoms with E-state index in [9.17, 15) is 0 Å². The molecule has 0 spiro atoms. The average Bonchev–Trinajstić information content (AvgIpc) is 2.67. The van der Waals surface area contributed by atoms with Gasteiger partial charge in [-0.1, -0.05) is 0 Å². The molecule has 1 aliphatic heterocycles. The van der Waals surface area contributed by atoms with Crippen LogP contribution in [-0.2, 0) is 18.9 Å². The summed E-state index contributed by atoms with van der Waals surface area (Å²) < 4.78 is 20.9. The van der Waals surface area contributed by atoms with E-state index in [0.29, 0.717) is 5.92 Å². The molecule has 1 atom stereocenters. The molecule has 0 bridgehead atoms. The van der Waals surface area contributed by atoms with E-state index in [4.69, 9.17) is 18.9 Å². The summed E-state index contributed by atoms with van der Waals surface area (Å²) in [5.41, 5.74) is 0. The van der Waals surface area contributed by atoms with E-state index < -0.39 is 5.97 Å². The van der Waals surface area contributed by atoms with Crippen molar-refractivity contribution in [2.45, 2.75) is 18.8 Å². The molecule has 1 saturated heterocycles. The zero-order chi connectivity index (χ0) is 9.73. The summed E-state index contributed by atoms with van der Waals surface area (Å²) in [5, 5.41) is 0. The first-order valence-corrected chi connectivity index (χ1v) is 4.49. The minimum absolute atomic E-state index is 0.472. The second-order valence-electron chi connectivity index (χ2n) is 3.23. The predicted molar refractivity (Wildman–Crippen MR) is 47.3 cm³/mol. The molecule has 1 fully saturated rings. The van der Waals surface area contributed by atoms with Crippen LogP contribution in [0.2, 0.25) is 0 Å². The van der Waals surface area contributed by atoms with Crippen LogP contribution in [-0.4, -0.2) is 40.5 Å². The van der Waals surface area contributed by atoms with E-state index in [1.807, 2.05) is 0 Å². The SMILES string of the molecule is COC(CC1CCOC1)(OC)OC. The molecule has 4 heteroatoms. The largest absolute Gasteiger partial charge is 0.381 e. The molecular weight excluding hydrogens is 172 g/mol. The maximum absolute atomic E-state index is 5.27. The lowest BCUT2D eigenvalue weighted by Gasteiger charge is -2.30. The summed E-state index contributed by atoms with van der Waals surface area (Å²) >= 11 is 0. The smallest absolute Gasteiger partial charge is 0.282 e. The van der Waals surface area contributed by atoms with Crippen molar-refractivity contribution >= 4 is 0 Å². The Morgan fingerprint density at radius 2 is 1.85 bits per heavy atom. The van der Waals surface area contributed by atoms with Gasteiger partial charge in [-0.3, -0.25) is 0 Å². The van der Waals surface area contributed by atoms with Crippen LogP contribution in [0.4, 0.5) is 0 Å². The Morgan fingerprint density at radius 1 is 1.23 bits per heavy atom. The first-order valence-electron chi connectivity index (χ1n) is 4.49. The van der Waals surface area contributed by atoms with Gasteiger partial charge < -0.3 is 18.9 Å². The van der Waals surface area contributed by atoms with Crippen LogP contribution in [0.5, 0.6) is 0 Å². The normalized spacial score (nSPS) is 23.8. The molecule has 0 aromatic heterocycles. The van der Waals surface area contributed by atoms with E-state index in [0.717, 1.165) is 26.1 Å². The number of methoxy groups -OCH3 is 3. The average molecular weight is 190 g/mol. The summed E-state index contributed by atoms with van der Waals surface area (Å²) in [6.45, 7) is 1.61. The van der Waals surface area contributed by atoms with Gasteiger partial charge in [0.15, 0.2) is 0 Å². The van der Waals surface area contributed by atoms with Gasteiger partial charge in [-0.05, 0) is 12.3 Å². The lowest BCUT2D eigenvalue weighted by Crippen LogP contribution is -2.38. The quantitative estimate of drug-likeness (QED) is 0.606. The molecule has 0 aliphatic carbocycles. The van der Waals surface area contributed by atoms with Crippen LogP contribution in [0.15, 0.2) is 0 Å². The highest BCUT2D eigenvalue weighted by Gasteiger charge is 2.34. The minimum Gasteiger partial charge on any atom is -0.381 e. The standard InChI is InChI=1S/C9H18O4/c1-10-9(11-2,12-3)6-8-4-5-13-7-8/h8H,4-7H2,1-3H3. The monoisotopic (exact) mass is 190 g/mol. The van der Waals surface area contributed by atoms with Crippen LogP contribution in [0.25, 0.3) is 0 Å². The van der Waals surface area contributed by atoms with Gasteiger partial charge in [0, 0.05) is 41.0 Å². The molecule has 0 aromatic rings. The van der Waals surface area contributed by atoms with Crippen LogP contribution in [0.1, 0.15) is 12.8 Å². The third kappa shape index (κ3) is 2.64. The molecule has 1 rings (SSSR count). The zero-order valence-corrected chi connectivity index (χ0v) is 8.54. The van der Waals surface area contributed by atoms with Gasteiger partial charge >= 0.3 is 0 Å². The van der Waals surface area contributed by atoms with E-state index in [1.54, 1.807) is 21.3 Å². The fourth-order valence-corrected chi connectivity index (χ4v) is 1.60. The van der Waals surface area contributed by atoms with Crippen molar-refractivity contribution in [1.29, 1.82) is 0 Å². The van der Waals surface area contributed by atoms with Crippen molar-refractivity contribution in [3.63, 3.8) is 0 Å². The van der Waals surface area contributed by atoms with Gasteiger partial charge in [0.1, 0.15) is 0 Å². The summed E-state index contributed by atoms with van der Waals surface area (Å²) in [7, 11) is 4.76. The van der Waals surface area contributed by atoms with Crippen LogP contribution < -0.4 is 0 Å². The molecule has 0 aromatic carbocycles. The van der Waals surface area contributed by atoms with Crippen molar-refractivity contribution in [3.8, 4) is 0 Å². The molecule has 0 radical (unpaired) electrons. The molecule has 0 saturated carbocycles. The molecule has 0 N–H and O–H groups in total. The Bertz CT molecular complexity index is 130. The van der Waals surface area contributed by atoms with Gasteiger partial charge in [0.05, 0.1) is 0 Å². The van der Waals surface area contributed by atoms with Gasteiger partial charge in [0.2, 0.25) is 0 Å². The molecule has 0 amide bonds. The molecule has 78 valence electrons. The molecule has 1 aliphatic rings. The van der Waals surface area contributed by atoms with Crippen LogP contribution in [0.3, 0.4) is 0 Å². The fraction of sp³-hybridized carbons (Fsp3) is 1.00. The summed E-state index contributed by atoms with van der Waals surface area (Å²) in [4.78, 5) is 0.